The molecule has 23 heavy (non-hydrogen) atoms. The van der Waals surface area contributed by atoms with Gasteiger partial charge in [0.25, 0.3) is 0 Å². The number of nitrogens with one attached hydrogen (secondary N) is 1. The molecule has 0 aliphatic carbocycles. The maximum absolute atomic E-state index is 12.1. The number of carbonyl (C=O) groups is 2. The third-order valence-electron chi connectivity index (χ3n) is 3.75. The lowest BCUT2D eigenvalue weighted by Gasteiger charge is -2.16. The first-order valence-corrected chi connectivity index (χ1v) is 7.46. The molecule has 0 spiro atoms. The van der Waals surface area contributed by atoms with Crippen LogP contribution in [0.1, 0.15) is 34.8 Å². The summed E-state index contributed by atoms with van der Waals surface area (Å²) in [5.74, 6) is -1.37. The summed E-state index contributed by atoms with van der Waals surface area (Å²) in [5.41, 5.74) is 3.46. The van der Waals surface area contributed by atoms with E-state index in [0.717, 1.165) is 16.8 Å². The Bertz CT molecular complexity index is 699. The summed E-state index contributed by atoms with van der Waals surface area (Å²) in [6, 6.07) is 9.86. The Morgan fingerprint density at radius 1 is 1.17 bits per heavy atom. The van der Waals surface area contributed by atoms with Gasteiger partial charge in [-0.2, -0.15) is 0 Å². The predicted molar refractivity (Wildman–Crippen MR) is 87.0 cm³/mol. The number of carboxylic acid groups (broad SMARTS) is 1. The molecule has 0 aliphatic heterocycles. The van der Waals surface area contributed by atoms with E-state index in [1.807, 2.05) is 38.1 Å². The highest BCUT2D eigenvalue weighted by Crippen LogP contribution is 2.18. The Balaban J connectivity index is 2.02. The van der Waals surface area contributed by atoms with Crippen molar-refractivity contribution < 1.29 is 14.7 Å². The third-order valence-corrected chi connectivity index (χ3v) is 3.75. The number of aromatic nitrogens is 1. The number of aryl methyl sites for hydroxylation is 3. The van der Waals surface area contributed by atoms with Crippen LogP contribution in [0.15, 0.2) is 42.6 Å². The van der Waals surface area contributed by atoms with Crippen molar-refractivity contribution in [3.8, 4) is 0 Å². The minimum absolute atomic E-state index is 0.200. The molecule has 1 atom stereocenters. The van der Waals surface area contributed by atoms with Crippen molar-refractivity contribution in [1.82, 2.24) is 10.3 Å². The fourth-order valence-corrected chi connectivity index (χ4v) is 2.25. The fraction of sp³-hybridized carbons (Fsp3) is 0.278. The molecule has 0 radical (unpaired) electrons. The van der Waals surface area contributed by atoms with E-state index in [4.69, 9.17) is 0 Å². The first kappa shape index (κ1) is 16.7. The topological polar surface area (TPSA) is 79.3 Å². The van der Waals surface area contributed by atoms with Crippen LogP contribution in [0.3, 0.4) is 0 Å². The molecule has 2 aromatic rings. The number of carboxylic acids is 1. The van der Waals surface area contributed by atoms with Crippen LogP contribution < -0.4 is 5.32 Å². The smallest absolute Gasteiger partial charge is 0.330 e. The lowest BCUT2D eigenvalue weighted by molar-refractivity contribution is -0.142. The zero-order valence-corrected chi connectivity index (χ0v) is 13.2. The second-order valence-corrected chi connectivity index (χ2v) is 5.50. The van der Waals surface area contributed by atoms with Gasteiger partial charge < -0.3 is 10.4 Å². The van der Waals surface area contributed by atoms with Gasteiger partial charge in [0.2, 0.25) is 5.91 Å². The molecule has 0 aliphatic rings. The SMILES string of the molecule is Cc1ccc(C(NC(=O)CCc2ccccn2)C(=O)O)cc1C. The molecule has 0 saturated heterocycles. The highest BCUT2D eigenvalue weighted by Gasteiger charge is 2.22. The van der Waals surface area contributed by atoms with Gasteiger partial charge in [0.1, 0.15) is 0 Å². The van der Waals surface area contributed by atoms with Gasteiger partial charge in [-0.3, -0.25) is 9.78 Å². The standard InChI is InChI=1S/C18H20N2O3/c1-12-6-7-14(11-13(12)2)17(18(22)23)20-16(21)9-8-15-5-3-4-10-19-15/h3-7,10-11,17H,8-9H2,1-2H3,(H,20,21)(H,22,23). The summed E-state index contributed by atoms with van der Waals surface area (Å²) in [6.45, 7) is 3.88. The van der Waals surface area contributed by atoms with Crippen molar-refractivity contribution in [3.05, 3.63) is 65.0 Å². The van der Waals surface area contributed by atoms with Crippen LogP contribution in [0.4, 0.5) is 0 Å². The van der Waals surface area contributed by atoms with Crippen LogP contribution in [-0.2, 0) is 16.0 Å². The summed E-state index contributed by atoms with van der Waals surface area (Å²) >= 11 is 0. The maximum Gasteiger partial charge on any atom is 0.330 e. The molecule has 1 unspecified atom stereocenters. The zero-order chi connectivity index (χ0) is 16.8. The van der Waals surface area contributed by atoms with Gasteiger partial charge in [0.15, 0.2) is 6.04 Å². The largest absolute Gasteiger partial charge is 0.479 e. The van der Waals surface area contributed by atoms with Gasteiger partial charge >= 0.3 is 5.97 Å². The van der Waals surface area contributed by atoms with Crippen LogP contribution in [-0.4, -0.2) is 22.0 Å². The molecule has 0 fully saturated rings. The first-order valence-electron chi connectivity index (χ1n) is 7.46. The number of amides is 1. The zero-order valence-electron chi connectivity index (χ0n) is 13.2. The predicted octanol–water partition coefficient (Wildman–Crippen LogP) is 2.57. The second-order valence-electron chi connectivity index (χ2n) is 5.50. The Hall–Kier alpha value is -2.69. The lowest BCUT2D eigenvalue weighted by atomic mass is 10.0. The highest BCUT2D eigenvalue weighted by molar-refractivity contribution is 5.84. The normalized spacial score (nSPS) is 11.7. The van der Waals surface area contributed by atoms with Crippen molar-refractivity contribution in [2.24, 2.45) is 0 Å². The van der Waals surface area contributed by atoms with Gasteiger partial charge in [-0.1, -0.05) is 24.3 Å². The van der Waals surface area contributed by atoms with Crippen LogP contribution in [0.5, 0.6) is 0 Å². The molecule has 0 saturated carbocycles. The lowest BCUT2D eigenvalue weighted by Crippen LogP contribution is -2.34. The average molecular weight is 312 g/mol. The molecule has 120 valence electrons. The second kappa shape index (κ2) is 7.54. The highest BCUT2D eigenvalue weighted by atomic mass is 16.4. The Labute approximate surface area is 135 Å². The Kier molecular flexibility index (Phi) is 5.46. The molecule has 1 amide bonds. The minimum Gasteiger partial charge on any atom is -0.479 e. The number of aliphatic carboxylic acids is 1. The van der Waals surface area contributed by atoms with Crippen LogP contribution in [0.25, 0.3) is 0 Å². The van der Waals surface area contributed by atoms with E-state index in [-0.39, 0.29) is 12.3 Å². The molecule has 5 nitrogen and oxygen atoms in total. The summed E-state index contributed by atoms with van der Waals surface area (Å²) in [5, 5.41) is 12.0. The monoisotopic (exact) mass is 312 g/mol. The Morgan fingerprint density at radius 3 is 2.57 bits per heavy atom. The van der Waals surface area contributed by atoms with Gasteiger partial charge in [-0.25, -0.2) is 4.79 Å². The van der Waals surface area contributed by atoms with Crippen LogP contribution in [0, 0.1) is 13.8 Å². The minimum atomic E-state index is -1.07. The number of rotatable bonds is 6. The molecular formula is C18H20N2O3. The fourth-order valence-electron chi connectivity index (χ4n) is 2.25. The molecule has 1 aromatic heterocycles. The molecule has 1 heterocycles. The van der Waals surface area contributed by atoms with Gasteiger partial charge in [-0.05, 0) is 49.1 Å². The number of pyridine rings is 1. The van der Waals surface area contributed by atoms with Gasteiger partial charge in [-0.15, -0.1) is 0 Å². The van der Waals surface area contributed by atoms with E-state index in [2.05, 4.69) is 10.3 Å². The van der Waals surface area contributed by atoms with Crippen LogP contribution in [0.2, 0.25) is 0 Å². The van der Waals surface area contributed by atoms with E-state index in [9.17, 15) is 14.7 Å². The molecule has 1 aromatic carbocycles. The van der Waals surface area contributed by atoms with Crippen LogP contribution >= 0.6 is 0 Å². The molecule has 2 N–H and O–H groups in total. The number of hydrogen-bond donors (Lipinski definition) is 2. The summed E-state index contributed by atoms with van der Waals surface area (Å²) in [6.07, 6.45) is 2.35. The van der Waals surface area contributed by atoms with Crippen molar-refractivity contribution in [3.63, 3.8) is 0 Å². The number of hydrogen-bond acceptors (Lipinski definition) is 3. The number of nitrogens with zero attached hydrogens (tertiary/aromatic N) is 1. The average Bonchev–Trinajstić information content (AvgIpc) is 2.54. The molecule has 5 heteroatoms. The van der Waals surface area contributed by atoms with Crippen molar-refractivity contribution in [2.45, 2.75) is 32.7 Å². The van der Waals surface area contributed by atoms with E-state index < -0.39 is 12.0 Å². The van der Waals surface area contributed by atoms with E-state index in [1.165, 1.54) is 0 Å². The first-order chi connectivity index (χ1) is 11.0. The van der Waals surface area contributed by atoms with Crippen molar-refractivity contribution in [2.75, 3.05) is 0 Å². The quantitative estimate of drug-likeness (QED) is 0.859. The maximum atomic E-state index is 12.1. The third kappa shape index (κ3) is 4.64. The molecule has 0 bridgehead atoms. The molecule has 2 rings (SSSR count). The number of carbonyl (C=O) groups excluding carboxylic acids is 1. The van der Waals surface area contributed by atoms with Gasteiger partial charge in [0.05, 0.1) is 0 Å². The molecular weight excluding hydrogens is 292 g/mol. The van der Waals surface area contributed by atoms with E-state index in [1.54, 1.807) is 18.3 Å². The van der Waals surface area contributed by atoms with Crippen molar-refractivity contribution >= 4 is 11.9 Å². The van der Waals surface area contributed by atoms with E-state index in [0.29, 0.717) is 12.0 Å². The van der Waals surface area contributed by atoms with Gasteiger partial charge in [0, 0.05) is 18.3 Å². The summed E-state index contributed by atoms with van der Waals surface area (Å²) < 4.78 is 0. The summed E-state index contributed by atoms with van der Waals surface area (Å²) in [7, 11) is 0. The van der Waals surface area contributed by atoms with E-state index >= 15 is 0 Å². The van der Waals surface area contributed by atoms with Crippen molar-refractivity contribution in [1.29, 1.82) is 0 Å². The summed E-state index contributed by atoms with van der Waals surface area (Å²) in [4.78, 5) is 27.7. The number of benzene rings is 1. The Morgan fingerprint density at radius 2 is 1.96 bits per heavy atom.